The van der Waals surface area contributed by atoms with Gasteiger partial charge < -0.3 is 14.9 Å². The van der Waals surface area contributed by atoms with Gasteiger partial charge in [0.1, 0.15) is 17.8 Å². The normalized spacial score (nSPS) is 12.5. The molecule has 0 aliphatic heterocycles. The first-order valence-electron chi connectivity index (χ1n) is 10.6. The van der Waals surface area contributed by atoms with E-state index in [1.165, 1.54) is 24.1 Å². The molecule has 2 aromatic carbocycles. The molecular formula is C25H20ClN5O4. The molecule has 0 fully saturated rings. The molecule has 4 aromatic rings. The number of nitrogens with one attached hydrogen (secondary N) is 1. The second-order valence-electron chi connectivity index (χ2n) is 7.92. The first kappa shape index (κ1) is 23.7. The maximum Gasteiger partial charge on any atom is 0.296 e. The van der Waals surface area contributed by atoms with Crippen LogP contribution in [0.5, 0.6) is 5.75 Å². The van der Waals surface area contributed by atoms with Crippen molar-refractivity contribution in [3.63, 3.8) is 0 Å². The van der Waals surface area contributed by atoms with Crippen molar-refractivity contribution in [2.24, 2.45) is 7.05 Å². The Morgan fingerprint density at radius 2 is 2.00 bits per heavy atom. The molecule has 35 heavy (non-hydrogen) atoms. The van der Waals surface area contributed by atoms with E-state index in [1.54, 1.807) is 18.2 Å². The van der Waals surface area contributed by atoms with Crippen molar-refractivity contribution in [2.45, 2.75) is 18.8 Å². The molecular weight excluding hydrogens is 470 g/mol. The van der Waals surface area contributed by atoms with Crippen molar-refractivity contribution < 1.29 is 14.4 Å². The third-order valence-electron chi connectivity index (χ3n) is 5.74. The molecule has 10 heteroatoms. The predicted molar refractivity (Wildman–Crippen MR) is 128 cm³/mol. The highest BCUT2D eigenvalue weighted by molar-refractivity contribution is 6.30. The zero-order chi connectivity index (χ0) is 25.1. The molecule has 176 valence electrons. The van der Waals surface area contributed by atoms with Crippen LogP contribution in [-0.4, -0.2) is 25.7 Å². The highest BCUT2D eigenvalue weighted by atomic mass is 35.5. The van der Waals surface area contributed by atoms with Crippen molar-refractivity contribution in [2.75, 3.05) is 5.32 Å². The first-order valence-corrected chi connectivity index (χ1v) is 10.9. The molecule has 0 radical (unpaired) electrons. The van der Waals surface area contributed by atoms with Gasteiger partial charge >= 0.3 is 0 Å². The van der Waals surface area contributed by atoms with Gasteiger partial charge in [-0.3, -0.25) is 14.2 Å². The van der Waals surface area contributed by atoms with Gasteiger partial charge in [0.05, 0.1) is 17.8 Å². The third kappa shape index (κ3) is 4.65. The minimum atomic E-state index is -0.798. The summed E-state index contributed by atoms with van der Waals surface area (Å²) in [4.78, 5) is 30.1. The highest BCUT2D eigenvalue weighted by Gasteiger charge is 2.30. The third-order valence-corrected chi connectivity index (χ3v) is 5.98. The van der Waals surface area contributed by atoms with Crippen LogP contribution in [0.4, 0.5) is 5.69 Å². The standard InChI is InChI=1S/C25H20ClN5O4/c1-14(20(15-6-4-3-5-7-15)19-10-17(26)9-8-16(19)11-27)23-30-21(22(32)25(34)31(23)2)24(33)29-18-12-28-35-13-18/h3-10,12-14,20,32H,1-2H3,(H,29,33)/t14-,20-/m1/s1. The summed E-state index contributed by atoms with van der Waals surface area (Å²) in [5.41, 5.74) is 0.953. The molecule has 0 spiro atoms. The number of hydrogen-bond donors (Lipinski definition) is 2. The van der Waals surface area contributed by atoms with Gasteiger partial charge in [-0.2, -0.15) is 5.26 Å². The number of nitriles is 1. The summed E-state index contributed by atoms with van der Waals surface area (Å²) in [6, 6.07) is 16.6. The Hall–Kier alpha value is -4.42. The quantitative estimate of drug-likeness (QED) is 0.414. The van der Waals surface area contributed by atoms with E-state index < -0.39 is 34.7 Å². The van der Waals surface area contributed by atoms with Crippen LogP contribution in [0.2, 0.25) is 5.02 Å². The van der Waals surface area contributed by atoms with E-state index in [0.29, 0.717) is 16.1 Å². The molecule has 0 saturated heterocycles. The van der Waals surface area contributed by atoms with E-state index in [9.17, 15) is 20.0 Å². The number of hydrogen-bond acceptors (Lipinski definition) is 7. The van der Waals surface area contributed by atoms with Gasteiger partial charge in [0.2, 0.25) is 5.75 Å². The van der Waals surface area contributed by atoms with E-state index in [2.05, 4.69) is 21.5 Å². The van der Waals surface area contributed by atoms with Crippen LogP contribution in [-0.2, 0) is 7.05 Å². The molecule has 0 bridgehead atoms. The summed E-state index contributed by atoms with van der Waals surface area (Å²) >= 11 is 6.29. The number of carbonyl (C=O) groups is 1. The van der Waals surface area contributed by atoms with E-state index >= 15 is 0 Å². The van der Waals surface area contributed by atoms with Crippen molar-refractivity contribution in [3.05, 3.63) is 105 Å². The second kappa shape index (κ2) is 9.83. The Morgan fingerprint density at radius 3 is 2.66 bits per heavy atom. The number of rotatable bonds is 6. The van der Waals surface area contributed by atoms with Gasteiger partial charge in [0.25, 0.3) is 11.5 Å². The van der Waals surface area contributed by atoms with E-state index in [1.807, 2.05) is 37.3 Å². The fourth-order valence-corrected chi connectivity index (χ4v) is 4.25. The summed E-state index contributed by atoms with van der Waals surface area (Å²) in [5, 5.41) is 26.6. The number of nitrogens with zero attached hydrogens (tertiary/aromatic N) is 4. The molecule has 2 N–H and O–H groups in total. The topological polar surface area (TPSA) is 134 Å². The second-order valence-corrected chi connectivity index (χ2v) is 8.36. The maximum absolute atomic E-state index is 12.9. The van der Waals surface area contributed by atoms with Crippen LogP contribution in [0, 0.1) is 11.3 Å². The lowest BCUT2D eigenvalue weighted by Gasteiger charge is -2.27. The number of amides is 1. The Bertz CT molecular complexity index is 1480. The van der Waals surface area contributed by atoms with Crippen LogP contribution in [0.15, 0.2) is 70.3 Å². The molecule has 2 atom stereocenters. The van der Waals surface area contributed by atoms with Gasteiger partial charge in [-0.05, 0) is 29.3 Å². The fourth-order valence-electron chi connectivity index (χ4n) is 4.07. The van der Waals surface area contributed by atoms with Crippen molar-refractivity contribution in [1.82, 2.24) is 14.7 Å². The SMILES string of the molecule is C[C@@H](c1nc(C(=O)Nc2cnoc2)c(O)c(=O)n1C)[C@H](c1ccccc1)c1cc(Cl)ccc1C#N. The zero-order valence-corrected chi connectivity index (χ0v) is 19.5. The van der Waals surface area contributed by atoms with E-state index in [4.69, 9.17) is 16.1 Å². The Morgan fingerprint density at radius 1 is 1.26 bits per heavy atom. The summed E-state index contributed by atoms with van der Waals surface area (Å²) < 4.78 is 5.89. The highest BCUT2D eigenvalue weighted by Crippen LogP contribution is 2.40. The van der Waals surface area contributed by atoms with Crippen LogP contribution < -0.4 is 10.9 Å². The Kier molecular flexibility index (Phi) is 6.66. The molecule has 1 amide bonds. The molecule has 0 unspecified atom stereocenters. The van der Waals surface area contributed by atoms with Crippen LogP contribution in [0.25, 0.3) is 0 Å². The first-order chi connectivity index (χ1) is 16.8. The van der Waals surface area contributed by atoms with Gasteiger partial charge in [-0.25, -0.2) is 4.98 Å². The average Bonchev–Trinajstić information content (AvgIpc) is 3.36. The van der Waals surface area contributed by atoms with Gasteiger partial charge in [0.15, 0.2) is 5.69 Å². The molecule has 0 aliphatic carbocycles. The lowest BCUT2D eigenvalue weighted by atomic mass is 9.79. The fraction of sp³-hybridized carbons (Fsp3) is 0.160. The number of anilines is 1. The summed E-state index contributed by atoms with van der Waals surface area (Å²) in [6.07, 6.45) is 2.47. The van der Waals surface area contributed by atoms with E-state index in [-0.39, 0.29) is 11.5 Å². The van der Waals surface area contributed by atoms with Crippen molar-refractivity contribution in [1.29, 1.82) is 5.26 Å². The van der Waals surface area contributed by atoms with Crippen LogP contribution in [0.1, 0.15) is 51.8 Å². The number of halogens is 1. The van der Waals surface area contributed by atoms with Gasteiger partial charge in [0, 0.05) is 23.9 Å². The molecule has 2 aromatic heterocycles. The monoisotopic (exact) mass is 489 g/mol. The Balaban J connectivity index is 1.88. The van der Waals surface area contributed by atoms with Crippen LogP contribution >= 0.6 is 11.6 Å². The lowest BCUT2D eigenvalue weighted by molar-refractivity contribution is 0.101. The molecule has 0 aliphatic rings. The van der Waals surface area contributed by atoms with Crippen LogP contribution in [0.3, 0.4) is 0 Å². The minimum Gasteiger partial charge on any atom is -0.501 e. The molecule has 9 nitrogen and oxygen atoms in total. The predicted octanol–water partition coefficient (Wildman–Crippen LogP) is 4.19. The molecule has 2 heterocycles. The molecule has 0 saturated carbocycles. The van der Waals surface area contributed by atoms with Gasteiger partial charge in [-0.1, -0.05) is 54.0 Å². The van der Waals surface area contributed by atoms with Crippen molar-refractivity contribution in [3.8, 4) is 11.8 Å². The lowest BCUT2D eigenvalue weighted by Crippen LogP contribution is -2.29. The average molecular weight is 490 g/mol. The van der Waals surface area contributed by atoms with Gasteiger partial charge in [-0.15, -0.1) is 0 Å². The number of aromatic hydroxyl groups is 1. The molecule has 4 rings (SSSR count). The van der Waals surface area contributed by atoms with E-state index in [0.717, 1.165) is 5.56 Å². The number of aromatic nitrogens is 3. The minimum absolute atomic E-state index is 0.237. The summed E-state index contributed by atoms with van der Waals surface area (Å²) in [6.45, 7) is 1.83. The summed E-state index contributed by atoms with van der Waals surface area (Å²) in [7, 11) is 1.47. The maximum atomic E-state index is 12.9. The number of benzene rings is 2. The summed E-state index contributed by atoms with van der Waals surface area (Å²) in [5.74, 6) is -2.30. The Labute approximate surface area is 205 Å². The largest absolute Gasteiger partial charge is 0.501 e. The van der Waals surface area contributed by atoms with Crippen molar-refractivity contribution >= 4 is 23.2 Å². The smallest absolute Gasteiger partial charge is 0.296 e. The zero-order valence-electron chi connectivity index (χ0n) is 18.8. The number of carbonyl (C=O) groups excluding carboxylic acids is 1.